The van der Waals surface area contributed by atoms with Gasteiger partial charge in [-0.2, -0.15) is 10.4 Å². The van der Waals surface area contributed by atoms with Gasteiger partial charge in [0.1, 0.15) is 35.8 Å². The number of benzene rings is 1. The topological polar surface area (TPSA) is 114 Å². The van der Waals surface area contributed by atoms with Crippen LogP contribution in [0.5, 0.6) is 0 Å². The van der Waals surface area contributed by atoms with Gasteiger partial charge in [-0.15, -0.1) is 0 Å². The number of amides is 1. The van der Waals surface area contributed by atoms with E-state index in [0.717, 1.165) is 28.0 Å². The number of hydrogen-bond donors (Lipinski definition) is 1. The summed E-state index contributed by atoms with van der Waals surface area (Å²) in [6.07, 6.45) is 11.8. The number of nitrogens with zero attached hydrogens (tertiary/aromatic N) is 7. The quantitative estimate of drug-likeness (QED) is 0.214. The van der Waals surface area contributed by atoms with Gasteiger partial charge in [0.05, 0.1) is 49.1 Å². The van der Waals surface area contributed by atoms with Crippen molar-refractivity contribution in [2.24, 2.45) is 0 Å². The van der Waals surface area contributed by atoms with Crippen LogP contribution in [0.1, 0.15) is 30.6 Å². The molecule has 0 aliphatic carbocycles. The Morgan fingerprint density at radius 1 is 1.27 bits per heavy atom. The molecule has 4 aromatic rings. The van der Waals surface area contributed by atoms with Crippen LogP contribution in [-0.2, 0) is 27.9 Å². The minimum Gasteiger partial charge on any atom is -0.366 e. The van der Waals surface area contributed by atoms with Gasteiger partial charge in [-0.1, -0.05) is 0 Å². The molecule has 1 N–H and O–H groups in total. The summed E-state index contributed by atoms with van der Waals surface area (Å²) in [5, 5.41) is 17.9. The Kier molecular flexibility index (Phi) is 8.28. The maximum atomic E-state index is 14.8. The second-order valence-corrected chi connectivity index (χ2v) is 13.2. The van der Waals surface area contributed by atoms with Gasteiger partial charge in [0.25, 0.3) is 5.91 Å². The summed E-state index contributed by atoms with van der Waals surface area (Å²) in [7, 11) is 0.335. The zero-order valence-corrected chi connectivity index (χ0v) is 24.5. The molecule has 0 unspecified atom stereocenters. The molecule has 10 nitrogen and oxygen atoms in total. The average Bonchev–Trinajstić information content (AvgIpc) is 3.56. The standard InChI is InChI=1S/C29H33FN8O2S/c1-20(2)35-28(39)23-6-5-22(13-25(23)30)37-16-29(17-37,8-9-31)38-15-21(14-34-38)26-24-7-10-36(27(24)33-18-32-26)19-40-11-12-41(3)4/h5-7,10,13-15,18,20H,8,11-12,16-17,19H2,1-4H3/p+1. The minimum absolute atomic E-state index is 0.00966. The fraction of sp³-hybridized carbons (Fsp3) is 0.414. The summed E-state index contributed by atoms with van der Waals surface area (Å²) in [5.41, 5.74) is 2.45. The Labute approximate surface area is 241 Å². The Balaban J connectivity index is 1.33. The molecule has 1 fully saturated rings. The first kappa shape index (κ1) is 28.6. The van der Waals surface area contributed by atoms with Gasteiger partial charge in [0.15, 0.2) is 0 Å². The summed E-state index contributed by atoms with van der Waals surface area (Å²) < 4.78 is 24.4. The number of halogens is 1. The third-order valence-corrected chi connectivity index (χ3v) is 8.11. The van der Waals surface area contributed by atoms with E-state index >= 15 is 0 Å². The highest BCUT2D eigenvalue weighted by Crippen LogP contribution is 2.37. The molecule has 3 aromatic heterocycles. The number of hydrogen-bond acceptors (Lipinski definition) is 7. The van der Waals surface area contributed by atoms with Crippen LogP contribution < -0.4 is 10.2 Å². The number of fused-ring (bicyclic) bond motifs is 1. The maximum Gasteiger partial charge on any atom is 0.254 e. The van der Waals surface area contributed by atoms with Crippen molar-refractivity contribution in [1.29, 1.82) is 5.26 Å². The number of carbonyl (C=O) groups is 1. The molecule has 41 heavy (non-hydrogen) atoms. The second-order valence-electron chi connectivity index (χ2n) is 10.9. The molecule has 0 spiro atoms. The minimum atomic E-state index is -0.579. The van der Waals surface area contributed by atoms with E-state index in [9.17, 15) is 14.4 Å². The lowest BCUT2D eigenvalue weighted by molar-refractivity contribution is 0.0924. The van der Waals surface area contributed by atoms with Gasteiger partial charge in [0, 0.05) is 48.2 Å². The Bertz CT molecular complexity index is 1590. The van der Waals surface area contributed by atoms with E-state index in [2.05, 4.69) is 39.0 Å². The van der Waals surface area contributed by atoms with Crippen LogP contribution in [0, 0.1) is 17.1 Å². The van der Waals surface area contributed by atoms with Crippen LogP contribution in [0.15, 0.2) is 49.2 Å². The van der Waals surface area contributed by atoms with Crippen molar-refractivity contribution in [2.75, 3.05) is 42.9 Å². The smallest absolute Gasteiger partial charge is 0.254 e. The first-order valence-electron chi connectivity index (χ1n) is 13.4. The van der Waals surface area contributed by atoms with Crippen molar-refractivity contribution in [1.82, 2.24) is 29.6 Å². The fourth-order valence-corrected chi connectivity index (χ4v) is 5.44. The molecule has 1 amide bonds. The zero-order chi connectivity index (χ0) is 29.1. The number of nitrogens with one attached hydrogen (secondary N) is 1. The molecular weight excluding hydrogens is 543 g/mol. The molecule has 1 aromatic carbocycles. The van der Waals surface area contributed by atoms with Gasteiger partial charge in [0.2, 0.25) is 0 Å². The van der Waals surface area contributed by atoms with Crippen molar-refractivity contribution in [3.8, 4) is 17.3 Å². The third kappa shape index (κ3) is 5.92. The van der Waals surface area contributed by atoms with Crippen LogP contribution in [-0.4, -0.2) is 74.2 Å². The average molecular weight is 578 g/mol. The molecule has 0 radical (unpaired) electrons. The van der Waals surface area contributed by atoms with Gasteiger partial charge in [-0.05, 0) is 49.0 Å². The highest BCUT2D eigenvalue weighted by molar-refractivity contribution is 7.95. The van der Waals surface area contributed by atoms with Crippen LogP contribution in [0.3, 0.4) is 0 Å². The summed E-state index contributed by atoms with van der Waals surface area (Å²) in [6, 6.07) is 8.79. The van der Waals surface area contributed by atoms with Gasteiger partial charge >= 0.3 is 0 Å². The van der Waals surface area contributed by atoms with E-state index in [-0.39, 0.29) is 18.0 Å². The van der Waals surface area contributed by atoms with Gasteiger partial charge < -0.3 is 19.5 Å². The molecule has 5 rings (SSSR count). The molecule has 0 atom stereocenters. The number of carbonyl (C=O) groups excluding carboxylic acids is 1. The van der Waals surface area contributed by atoms with E-state index in [4.69, 9.17) is 4.74 Å². The predicted octanol–water partition coefficient (Wildman–Crippen LogP) is 3.55. The fourth-order valence-electron chi connectivity index (χ4n) is 4.99. The van der Waals surface area contributed by atoms with E-state index in [1.807, 2.05) is 46.5 Å². The van der Waals surface area contributed by atoms with Crippen molar-refractivity contribution >= 4 is 33.5 Å². The monoisotopic (exact) mass is 577 g/mol. The number of rotatable bonds is 11. The van der Waals surface area contributed by atoms with Gasteiger partial charge in [-0.3, -0.25) is 9.48 Å². The van der Waals surface area contributed by atoms with Crippen LogP contribution in [0.4, 0.5) is 10.1 Å². The molecule has 1 aliphatic heterocycles. The van der Waals surface area contributed by atoms with Crippen molar-refractivity contribution in [2.45, 2.75) is 38.6 Å². The highest BCUT2D eigenvalue weighted by Gasteiger charge is 2.46. The highest BCUT2D eigenvalue weighted by atomic mass is 32.2. The molecule has 1 aliphatic rings. The lowest BCUT2D eigenvalue weighted by Gasteiger charge is -2.50. The molecule has 12 heteroatoms. The molecule has 4 heterocycles. The Hall–Kier alpha value is -3.95. The normalized spacial score (nSPS) is 14.4. The van der Waals surface area contributed by atoms with E-state index < -0.39 is 17.3 Å². The molecule has 1 saturated heterocycles. The lowest BCUT2D eigenvalue weighted by Crippen LogP contribution is -2.63. The molecule has 0 bridgehead atoms. The van der Waals surface area contributed by atoms with Crippen molar-refractivity contribution in [3.63, 3.8) is 0 Å². The van der Waals surface area contributed by atoms with Crippen molar-refractivity contribution in [3.05, 3.63) is 60.6 Å². The van der Waals surface area contributed by atoms with Gasteiger partial charge in [-0.25, -0.2) is 14.4 Å². The second kappa shape index (κ2) is 11.9. The molecule has 0 saturated carbocycles. The third-order valence-electron chi connectivity index (χ3n) is 7.13. The van der Waals surface area contributed by atoms with E-state index in [1.54, 1.807) is 12.3 Å². The Morgan fingerprint density at radius 2 is 2.07 bits per heavy atom. The summed E-state index contributed by atoms with van der Waals surface area (Å²) >= 11 is 0. The Morgan fingerprint density at radius 3 is 2.78 bits per heavy atom. The van der Waals surface area contributed by atoms with Crippen LogP contribution >= 0.6 is 0 Å². The first-order chi connectivity index (χ1) is 19.7. The molecule has 214 valence electrons. The summed E-state index contributed by atoms with van der Waals surface area (Å²) in [4.78, 5) is 23.3. The molecular formula is C29H34FN8O2S+. The number of aromatic nitrogens is 5. The van der Waals surface area contributed by atoms with E-state index in [0.29, 0.717) is 43.0 Å². The summed E-state index contributed by atoms with van der Waals surface area (Å²) in [5.74, 6) is 0.00447. The largest absolute Gasteiger partial charge is 0.366 e. The number of nitriles is 1. The lowest BCUT2D eigenvalue weighted by atomic mass is 9.86. The SMILES string of the molecule is CC(C)NC(=O)c1ccc(N2CC(CC#N)(n3cc(-c4ncnc5c4ccn5COCC[S+](C)C)cn3)C2)cc1F. The van der Waals surface area contributed by atoms with E-state index in [1.165, 1.54) is 18.5 Å². The predicted molar refractivity (Wildman–Crippen MR) is 158 cm³/mol. The maximum absolute atomic E-state index is 14.8. The van der Waals surface area contributed by atoms with Crippen LogP contribution in [0.2, 0.25) is 0 Å². The first-order valence-corrected chi connectivity index (χ1v) is 15.6. The summed E-state index contributed by atoms with van der Waals surface area (Å²) in [6.45, 7) is 5.72. The number of ether oxygens (including phenoxy) is 1. The van der Waals surface area contributed by atoms with Crippen molar-refractivity contribution < 1.29 is 13.9 Å². The van der Waals surface area contributed by atoms with Crippen LogP contribution in [0.25, 0.3) is 22.3 Å². The number of anilines is 1. The zero-order valence-electron chi connectivity index (χ0n) is 23.7.